The molecule has 7 heteroatoms. The Bertz CT molecular complexity index is 1190. The van der Waals surface area contributed by atoms with E-state index in [1.165, 1.54) is 0 Å². The molecule has 4 aromatic rings. The molecule has 6 nitrogen and oxygen atoms in total. The van der Waals surface area contributed by atoms with Crippen LogP contribution in [0.25, 0.3) is 21.8 Å². The standard InChI is InChI=1S/C25H21N3O3S/c29-24(30)21(15-17-7-3-1-4-8-17)28-25(31)26-20-13-11-18(12-14-20)22-16-32-23(27-22)19-9-5-2-6-10-19/h1-14,16,21H,15H2,(H,29,30)(H2,26,28,31)/t21-/m0/s1. The van der Waals surface area contributed by atoms with Crippen molar-refractivity contribution < 1.29 is 14.7 Å². The van der Waals surface area contributed by atoms with E-state index >= 15 is 0 Å². The van der Waals surface area contributed by atoms with Crippen LogP contribution in [0.3, 0.4) is 0 Å². The lowest BCUT2D eigenvalue weighted by atomic mass is 10.1. The average molecular weight is 444 g/mol. The number of aromatic nitrogens is 1. The highest BCUT2D eigenvalue weighted by Gasteiger charge is 2.20. The van der Waals surface area contributed by atoms with E-state index in [-0.39, 0.29) is 6.42 Å². The first-order chi connectivity index (χ1) is 15.6. The van der Waals surface area contributed by atoms with Gasteiger partial charge >= 0.3 is 12.0 Å². The molecule has 0 bridgehead atoms. The van der Waals surface area contributed by atoms with E-state index in [2.05, 4.69) is 10.6 Å². The Kier molecular flexibility index (Phi) is 6.57. The van der Waals surface area contributed by atoms with E-state index in [9.17, 15) is 14.7 Å². The predicted molar refractivity (Wildman–Crippen MR) is 127 cm³/mol. The quantitative estimate of drug-likeness (QED) is 0.362. The van der Waals surface area contributed by atoms with Gasteiger partial charge in [0, 0.05) is 28.6 Å². The molecule has 1 aromatic heterocycles. The van der Waals surface area contributed by atoms with Crippen molar-refractivity contribution in [2.24, 2.45) is 0 Å². The van der Waals surface area contributed by atoms with Crippen LogP contribution in [0.1, 0.15) is 5.56 Å². The van der Waals surface area contributed by atoms with E-state index in [1.54, 1.807) is 23.5 Å². The van der Waals surface area contributed by atoms with Gasteiger partial charge in [0.25, 0.3) is 0 Å². The van der Waals surface area contributed by atoms with Gasteiger partial charge < -0.3 is 15.7 Å². The van der Waals surface area contributed by atoms with Crippen molar-refractivity contribution >= 4 is 29.0 Å². The largest absolute Gasteiger partial charge is 0.480 e. The number of amides is 2. The number of thiazole rings is 1. The van der Waals surface area contributed by atoms with Gasteiger partial charge in [-0.1, -0.05) is 72.8 Å². The Morgan fingerprint density at radius 1 is 0.875 bits per heavy atom. The first-order valence-corrected chi connectivity index (χ1v) is 10.9. The first-order valence-electron chi connectivity index (χ1n) is 10.0. The Labute approximate surface area is 189 Å². The minimum absolute atomic E-state index is 0.204. The summed E-state index contributed by atoms with van der Waals surface area (Å²) in [6, 6.07) is 24.9. The van der Waals surface area contributed by atoms with Crippen LogP contribution in [-0.2, 0) is 11.2 Å². The van der Waals surface area contributed by atoms with E-state index in [0.717, 1.165) is 27.4 Å². The fourth-order valence-corrected chi connectivity index (χ4v) is 4.05. The maximum absolute atomic E-state index is 12.3. The highest BCUT2D eigenvalue weighted by Crippen LogP contribution is 2.29. The fourth-order valence-electron chi connectivity index (χ4n) is 3.22. The summed E-state index contributed by atoms with van der Waals surface area (Å²) in [4.78, 5) is 28.6. The molecule has 0 fully saturated rings. The second-order valence-corrected chi connectivity index (χ2v) is 8.02. The van der Waals surface area contributed by atoms with Gasteiger partial charge in [0.05, 0.1) is 5.69 Å². The van der Waals surface area contributed by atoms with Crippen LogP contribution < -0.4 is 10.6 Å². The molecule has 3 N–H and O–H groups in total. The highest BCUT2D eigenvalue weighted by atomic mass is 32.1. The van der Waals surface area contributed by atoms with Crippen molar-refractivity contribution in [1.29, 1.82) is 0 Å². The normalized spacial score (nSPS) is 11.5. The topological polar surface area (TPSA) is 91.3 Å². The highest BCUT2D eigenvalue weighted by molar-refractivity contribution is 7.13. The number of carbonyl (C=O) groups is 2. The van der Waals surface area contributed by atoms with Crippen LogP contribution in [0.2, 0.25) is 0 Å². The van der Waals surface area contributed by atoms with Crippen molar-refractivity contribution in [1.82, 2.24) is 10.3 Å². The van der Waals surface area contributed by atoms with E-state index in [4.69, 9.17) is 4.98 Å². The van der Waals surface area contributed by atoms with Crippen molar-refractivity contribution in [3.8, 4) is 21.8 Å². The number of urea groups is 1. The van der Waals surface area contributed by atoms with Crippen molar-refractivity contribution in [3.63, 3.8) is 0 Å². The second kappa shape index (κ2) is 9.89. The number of rotatable bonds is 7. The number of carbonyl (C=O) groups excluding carboxylic acids is 1. The summed E-state index contributed by atoms with van der Waals surface area (Å²) in [6.07, 6.45) is 0.204. The van der Waals surface area contributed by atoms with Crippen molar-refractivity contribution in [3.05, 3.63) is 95.9 Å². The predicted octanol–water partition coefficient (Wildman–Crippen LogP) is 5.29. The van der Waals surface area contributed by atoms with E-state index in [0.29, 0.717) is 5.69 Å². The summed E-state index contributed by atoms with van der Waals surface area (Å²) in [5.74, 6) is -1.09. The third kappa shape index (κ3) is 5.39. The number of hydrogen-bond acceptors (Lipinski definition) is 4. The molecule has 32 heavy (non-hydrogen) atoms. The molecule has 0 aliphatic rings. The third-order valence-electron chi connectivity index (χ3n) is 4.85. The van der Waals surface area contributed by atoms with Gasteiger partial charge in [-0.25, -0.2) is 14.6 Å². The monoisotopic (exact) mass is 443 g/mol. The molecule has 3 aromatic carbocycles. The maximum atomic E-state index is 12.3. The summed E-state index contributed by atoms with van der Waals surface area (Å²) in [5, 5.41) is 17.6. The Morgan fingerprint density at radius 2 is 1.53 bits per heavy atom. The molecule has 0 aliphatic carbocycles. The molecular formula is C25H21N3O3S. The second-order valence-electron chi connectivity index (χ2n) is 7.16. The van der Waals surface area contributed by atoms with Gasteiger partial charge in [-0.05, 0) is 17.7 Å². The molecule has 0 saturated heterocycles. The number of hydrogen-bond donors (Lipinski definition) is 3. The first kappa shape index (κ1) is 21.3. The van der Waals surface area contributed by atoms with Crippen LogP contribution in [0.5, 0.6) is 0 Å². The molecule has 0 saturated carbocycles. The molecule has 0 radical (unpaired) electrons. The number of carboxylic acid groups (broad SMARTS) is 1. The average Bonchev–Trinajstić information content (AvgIpc) is 3.31. The van der Waals surface area contributed by atoms with Crippen LogP contribution in [0.15, 0.2) is 90.3 Å². The number of aliphatic carboxylic acids is 1. The van der Waals surface area contributed by atoms with Crippen molar-refractivity contribution in [2.75, 3.05) is 5.32 Å². The zero-order valence-corrected chi connectivity index (χ0v) is 17.9. The van der Waals surface area contributed by atoms with Crippen molar-refractivity contribution in [2.45, 2.75) is 12.5 Å². The van der Waals surface area contributed by atoms with Crippen LogP contribution >= 0.6 is 11.3 Å². The Balaban J connectivity index is 1.38. The minimum Gasteiger partial charge on any atom is -0.480 e. The number of benzene rings is 3. The molecular weight excluding hydrogens is 422 g/mol. The third-order valence-corrected chi connectivity index (χ3v) is 5.74. The molecule has 0 unspecified atom stereocenters. The molecule has 2 amide bonds. The summed E-state index contributed by atoms with van der Waals surface area (Å²) in [5.41, 5.74) is 4.26. The number of anilines is 1. The summed E-state index contributed by atoms with van der Waals surface area (Å²) in [7, 11) is 0. The van der Waals surface area contributed by atoms with Crippen LogP contribution in [-0.4, -0.2) is 28.1 Å². The van der Waals surface area contributed by atoms with Gasteiger partial charge in [-0.2, -0.15) is 0 Å². The number of carboxylic acids is 1. The molecule has 4 rings (SSSR count). The smallest absolute Gasteiger partial charge is 0.326 e. The summed E-state index contributed by atoms with van der Waals surface area (Å²) < 4.78 is 0. The molecule has 1 heterocycles. The van der Waals surface area contributed by atoms with Gasteiger partial charge in [-0.3, -0.25) is 0 Å². The minimum atomic E-state index is -1.09. The zero-order chi connectivity index (χ0) is 22.3. The van der Waals surface area contributed by atoms with Gasteiger partial charge in [-0.15, -0.1) is 11.3 Å². The Morgan fingerprint density at radius 3 is 2.19 bits per heavy atom. The maximum Gasteiger partial charge on any atom is 0.326 e. The summed E-state index contributed by atoms with van der Waals surface area (Å²) in [6.45, 7) is 0. The van der Waals surface area contributed by atoms with Crippen LogP contribution in [0, 0.1) is 0 Å². The zero-order valence-electron chi connectivity index (χ0n) is 17.1. The molecule has 0 spiro atoms. The summed E-state index contributed by atoms with van der Waals surface area (Å²) >= 11 is 1.58. The lowest BCUT2D eigenvalue weighted by molar-refractivity contribution is -0.139. The van der Waals surface area contributed by atoms with E-state index < -0.39 is 18.0 Å². The molecule has 0 aliphatic heterocycles. The van der Waals surface area contributed by atoms with Gasteiger partial charge in [0.15, 0.2) is 0 Å². The lowest BCUT2D eigenvalue weighted by Gasteiger charge is -2.15. The SMILES string of the molecule is O=C(Nc1ccc(-c2csc(-c3ccccc3)n2)cc1)N[C@@H](Cc1ccccc1)C(=O)O. The number of nitrogens with zero attached hydrogens (tertiary/aromatic N) is 1. The van der Waals surface area contributed by atoms with Gasteiger partial charge in [0.2, 0.25) is 0 Å². The molecule has 1 atom stereocenters. The lowest BCUT2D eigenvalue weighted by Crippen LogP contribution is -2.44. The number of nitrogens with one attached hydrogen (secondary N) is 2. The fraction of sp³-hybridized carbons (Fsp3) is 0.0800. The Hall–Kier alpha value is -3.97. The van der Waals surface area contributed by atoms with Gasteiger partial charge in [0.1, 0.15) is 11.0 Å². The van der Waals surface area contributed by atoms with E-state index in [1.807, 2.05) is 78.2 Å². The molecule has 160 valence electrons. The van der Waals surface area contributed by atoms with Crippen LogP contribution in [0.4, 0.5) is 10.5 Å².